The zero-order valence-corrected chi connectivity index (χ0v) is 21.3. The van der Waals surface area contributed by atoms with Crippen molar-refractivity contribution in [2.45, 2.75) is 39.5 Å². The van der Waals surface area contributed by atoms with E-state index in [-0.39, 0.29) is 11.8 Å². The number of aromatic nitrogens is 1. The van der Waals surface area contributed by atoms with Gasteiger partial charge in [0.2, 0.25) is 5.91 Å². The van der Waals surface area contributed by atoms with E-state index in [2.05, 4.69) is 15.6 Å². The van der Waals surface area contributed by atoms with Gasteiger partial charge in [-0.05, 0) is 60.2 Å². The lowest BCUT2D eigenvalue weighted by molar-refractivity contribution is -0.116. The summed E-state index contributed by atoms with van der Waals surface area (Å²) in [5.74, 6) is 0.756. The van der Waals surface area contributed by atoms with E-state index in [0.717, 1.165) is 36.1 Å². The van der Waals surface area contributed by atoms with Crippen molar-refractivity contribution in [3.05, 3.63) is 70.7 Å². The Hall–Kier alpha value is -3.23. The number of aryl methyl sites for hydroxylation is 2. The third kappa shape index (κ3) is 9.15. The minimum absolute atomic E-state index is 0.0198. The van der Waals surface area contributed by atoms with Crippen molar-refractivity contribution in [1.82, 2.24) is 4.98 Å². The number of rotatable bonds is 13. The Bertz CT molecular complexity index is 1100. The highest BCUT2D eigenvalue weighted by Crippen LogP contribution is 2.22. The Kier molecular flexibility index (Phi) is 10.3. The van der Waals surface area contributed by atoms with Gasteiger partial charge in [-0.15, -0.1) is 11.3 Å². The van der Waals surface area contributed by atoms with Crippen LogP contribution >= 0.6 is 11.3 Å². The van der Waals surface area contributed by atoms with Crippen LogP contribution in [0.15, 0.2) is 54.0 Å². The second kappa shape index (κ2) is 13.6. The normalized spacial score (nSPS) is 10.9. The summed E-state index contributed by atoms with van der Waals surface area (Å²) in [6.07, 6.45) is 4.38. The molecule has 0 aliphatic carbocycles. The first-order valence-corrected chi connectivity index (χ1v) is 12.7. The van der Waals surface area contributed by atoms with Crippen LogP contribution in [0.3, 0.4) is 0 Å². The number of carbonyl (C=O) groups excluding carboxylic acids is 2. The molecule has 7 nitrogen and oxygen atoms in total. The number of carbonyl (C=O) groups is 2. The molecule has 3 rings (SSSR count). The number of amides is 2. The van der Waals surface area contributed by atoms with Crippen LogP contribution in [0.2, 0.25) is 0 Å². The fourth-order valence-corrected chi connectivity index (χ4v) is 4.07. The lowest BCUT2D eigenvalue weighted by atomic mass is 10.0. The monoisotopic (exact) mass is 495 g/mol. The number of nitrogens with zero attached hydrogens (tertiary/aromatic N) is 1. The van der Waals surface area contributed by atoms with Gasteiger partial charge in [0, 0.05) is 49.4 Å². The standard InChI is InChI=1S/C27H33N3O4S/c1-19(2)14-25(31)29-23-7-4-6-20(16-23)8-9-21-15-22(26(32)30-27-28-10-13-35-27)18-24(17-21)34-12-5-11-33-3/h4,6-7,10,13,15-19H,5,8-9,11-12,14H2,1-3H3,(H,29,31)(H,28,30,32). The van der Waals surface area contributed by atoms with Crippen molar-refractivity contribution in [2.24, 2.45) is 5.92 Å². The van der Waals surface area contributed by atoms with Gasteiger partial charge < -0.3 is 14.8 Å². The molecule has 186 valence electrons. The van der Waals surface area contributed by atoms with Crippen LogP contribution in [0.4, 0.5) is 10.8 Å². The average Bonchev–Trinajstić information content (AvgIpc) is 3.33. The molecule has 0 bridgehead atoms. The molecule has 0 fully saturated rings. The highest BCUT2D eigenvalue weighted by molar-refractivity contribution is 7.13. The highest BCUT2D eigenvalue weighted by Gasteiger charge is 2.12. The minimum Gasteiger partial charge on any atom is -0.493 e. The number of hydrogen-bond acceptors (Lipinski definition) is 6. The van der Waals surface area contributed by atoms with Crippen molar-refractivity contribution in [3.8, 4) is 5.75 Å². The van der Waals surface area contributed by atoms with Crippen LogP contribution in [-0.2, 0) is 22.4 Å². The molecule has 0 aliphatic rings. The number of nitrogens with one attached hydrogen (secondary N) is 2. The molecule has 0 radical (unpaired) electrons. The summed E-state index contributed by atoms with van der Waals surface area (Å²) >= 11 is 1.37. The molecular weight excluding hydrogens is 462 g/mol. The number of benzene rings is 2. The van der Waals surface area contributed by atoms with Gasteiger partial charge in [0.05, 0.1) is 6.61 Å². The second-order valence-corrected chi connectivity index (χ2v) is 9.59. The summed E-state index contributed by atoms with van der Waals surface area (Å²) < 4.78 is 11.0. The maximum absolute atomic E-state index is 12.8. The molecule has 0 atom stereocenters. The van der Waals surface area contributed by atoms with E-state index in [9.17, 15) is 9.59 Å². The molecule has 0 spiro atoms. The molecule has 35 heavy (non-hydrogen) atoms. The average molecular weight is 496 g/mol. The highest BCUT2D eigenvalue weighted by atomic mass is 32.1. The van der Waals surface area contributed by atoms with E-state index in [1.54, 1.807) is 19.4 Å². The SMILES string of the molecule is COCCCOc1cc(CCc2cccc(NC(=O)CC(C)C)c2)cc(C(=O)Nc2nccs2)c1. The molecule has 0 saturated carbocycles. The van der Waals surface area contributed by atoms with Gasteiger partial charge in [-0.25, -0.2) is 4.98 Å². The topological polar surface area (TPSA) is 89.5 Å². The van der Waals surface area contributed by atoms with Gasteiger partial charge >= 0.3 is 0 Å². The van der Waals surface area contributed by atoms with Crippen LogP contribution in [0, 0.1) is 5.92 Å². The third-order valence-electron chi connectivity index (χ3n) is 5.15. The molecule has 0 unspecified atom stereocenters. The van der Waals surface area contributed by atoms with E-state index >= 15 is 0 Å². The van der Waals surface area contributed by atoms with Crippen LogP contribution < -0.4 is 15.4 Å². The molecule has 2 N–H and O–H groups in total. The van der Waals surface area contributed by atoms with E-state index < -0.39 is 0 Å². The summed E-state index contributed by atoms with van der Waals surface area (Å²) in [4.78, 5) is 29.1. The van der Waals surface area contributed by atoms with Gasteiger partial charge in [0.15, 0.2) is 5.13 Å². The first-order valence-electron chi connectivity index (χ1n) is 11.8. The van der Waals surface area contributed by atoms with E-state index in [4.69, 9.17) is 9.47 Å². The van der Waals surface area contributed by atoms with E-state index in [1.807, 2.05) is 55.6 Å². The Morgan fingerprint density at radius 1 is 1.03 bits per heavy atom. The number of hydrogen-bond donors (Lipinski definition) is 2. The predicted octanol–water partition coefficient (Wildman–Crippen LogP) is 5.58. The fraction of sp³-hybridized carbons (Fsp3) is 0.370. The van der Waals surface area contributed by atoms with Crippen molar-refractivity contribution >= 4 is 34.0 Å². The maximum Gasteiger partial charge on any atom is 0.257 e. The Labute approximate surface area is 210 Å². The molecule has 8 heteroatoms. The largest absolute Gasteiger partial charge is 0.493 e. The quantitative estimate of drug-likeness (QED) is 0.302. The number of methoxy groups -OCH3 is 1. The van der Waals surface area contributed by atoms with Crippen LogP contribution in [0.5, 0.6) is 5.75 Å². The minimum atomic E-state index is -0.224. The molecular formula is C27H33N3O4S. The van der Waals surface area contributed by atoms with Crippen LogP contribution in [-0.4, -0.2) is 37.1 Å². The van der Waals surface area contributed by atoms with Crippen molar-refractivity contribution in [2.75, 3.05) is 31.0 Å². The summed E-state index contributed by atoms with van der Waals surface area (Å²) in [6.45, 7) is 5.16. The van der Waals surface area contributed by atoms with Gasteiger partial charge in [-0.3, -0.25) is 14.9 Å². The van der Waals surface area contributed by atoms with E-state index in [0.29, 0.717) is 42.0 Å². The lowest BCUT2D eigenvalue weighted by Gasteiger charge is -2.12. The lowest BCUT2D eigenvalue weighted by Crippen LogP contribution is -2.14. The smallest absolute Gasteiger partial charge is 0.257 e. The van der Waals surface area contributed by atoms with Crippen molar-refractivity contribution in [3.63, 3.8) is 0 Å². The summed E-state index contributed by atoms with van der Waals surface area (Å²) in [5.41, 5.74) is 3.42. The van der Waals surface area contributed by atoms with Crippen LogP contribution in [0.1, 0.15) is 48.2 Å². The third-order valence-corrected chi connectivity index (χ3v) is 5.84. The number of anilines is 2. The zero-order chi connectivity index (χ0) is 25.0. The zero-order valence-electron chi connectivity index (χ0n) is 20.5. The molecule has 1 aromatic heterocycles. The molecule has 2 amide bonds. The Morgan fingerprint density at radius 3 is 2.60 bits per heavy atom. The molecule has 2 aromatic carbocycles. The Morgan fingerprint density at radius 2 is 1.86 bits per heavy atom. The summed E-state index contributed by atoms with van der Waals surface area (Å²) in [7, 11) is 1.66. The second-order valence-electron chi connectivity index (χ2n) is 8.70. The maximum atomic E-state index is 12.8. The fourth-order valence-electron chi connectivity index (χ4n) is 3.54. The van der Waals surface area contributed by atoms with Gasteiger partial charge in [-0.1, -0.05) is 26.0 Å². The van der Waals surface area contributed by atoms with Gasteiger partial charge in [0.1, 0.15) is 5.75 Å². The molecule has 0 saturated heterocycles. The van der Waals surface area contributed by atoms with Crippen molar-refractivity contribution in [1.29, 1.82) is 0 Å². The molecule has 1 heterocycles. The number of ether oxygens (including phenoxy) is 2. The first-order chi connectivity index (χ1) is 16.9. The Balaban J connectivity index is 1.70. The first kappa shape index (κ1) is 26.4. The van der Waals surface area contributed by atoms with Gasteiger partial charge in [-0.2, -0.15) is 0 Å². The number of thiazole rings is 1. The van der Waals surface area contributed by atoms with Crippen LogP contribution in [0.25, 0.3) is 0 Å². The molecule has 3 aromatic rings. The summed E-state index contributed by atoms with van der Waals surface area (Å²) in [6, 6.07) is 13.5. The van der Waals surface area contributed by atoms with Crippen molar-refractivity contribution < 1.29 is 19.1 Å². The van der Waals surface area contributed by atoms with E-state index in [1.165, 1.54) is 11.3 Å². The summed E-state index contributed by atoms with van der Waals surface area (Å²) in [5, 5.41) is 8.18. The predicted molar refractivity (Wildman–Crippen MR) is 140 cm³/mol. The molecule has 0 aliphatic heterocycles. The van der Waals surface area contributed by atoms with Gasteiger partial charge in [0.25, 0.3) is 5.91 Å².